The molecule has 0 unspecified atom stereocenters. The number of aromatic nitrogens is 2. The summed E-state index contributed by atoms with van der Waals surface area (Å²) in [6.45, 7) is 4.21. The summed E-state index contributed by atoms with van der Waals surface area (Å²) in [5.41, 5.74) is 6.50. The van der Waals surface area contributed by atoms with Crippen molar-refractivity contribution in [3.05, 3.63) is 44.9 Å². The number of hydrogen-bond acceptors (Lipinski definition) is 6. The molecule has 190 valence electrons. The highest BCUT2D eigenvalue weighted by Crippen LogP contribution is 2.39. The molecule has 1 aromatic heterocycles. The number of carbonyl (C=O) groups is 1. The second-order valence-corrected chi connectivity index (χ2v) is 11.3. The molecule has 5 rings (SSSR count). The molecule has 2 aromatic rings. The fourth-order valence-electron chi connectivity index (χ4n) is 5.79. The molecule has 2 amide bonds. The van der Waals surface area contributed by atoms with Crippen LogP contribution in [0.3, 0.4) is 0 Å². The van der Waals surface area contributed by atoms with Crippen LogP contribution in [-0.2, 0) is 47.7 Å². The third-order valence-corrected chi connectivity index (χ3v) is 9.11. The smallest absolute Gasteiger partial charge is 0.326 e. The lowest BCUT2D eigenvalue weighted by Crippen LogP contribution is -2.51. The summed E-state index contributed by atoms with van der Waals surface area (Å²) in [6, 6.07) is 0.521. The predicted octanol–water partition coefficient (Wildman–Crippen LogP) is 3.28. The predicted molar refractivity (Wildman–Crippen MR) is 133 cm³/mol. The van der Waals surface area contributed by atoms with Gasteiger partial charge >= 0.3 is 16.2 Å². The summed E-state index contributed by atoms with van der Waals surface area (Å²) in [4.78, 5) is 13.2. The Morgan fingerprint density at radius 3 is 2.26 bits per heavy atom. The minimum atomic E-state index is -4.74. The minimum Gasteiger partial charge on any atom is -0.740 e. The molecule has 0 radical (unpaired) electrons. The van der Waals surface area contributed by atoms with Crippen LogP contribution in [0.15, 0.2) is 6.07 Å². The van der Waals surface area contributed by atoms with Crippen molar-refractivity contribution < 1.29 is 17.9 Å². The van der Waals surface area contributed by atoms with E-state index >= 15 is 0 Å². The Balaban J connectivity index is 1.50. The van der Waals surface area contributed by atoms with Crippen molar-refractivity contribution in [2.75, 3.05) is 22.8 Å². The summed E-state index contributed by atoms with van der Waals surface area (Å²) < 4.78 is 35.2. The number of benzene rings is 1. The van der Waals surface area contributed by atoms with E-state index < -0.39 is 22.3 Å². The van der Waals surface area contributed by atoms with Gasteiger partial charge in [-0.1, -0.05) is 6.07 Å². The number of hydrogen-bond donors (Lipinski definition) is 1. The van der Waals surface area contributed by atoms with Crippen molar-refractivity contribution in [2.45, 2.75) is 71.3 Å². The highest BCUT2D eigenvalue weighted by Gasteiger charge is 2.38. The number of nitrogens with zero attached hydrogens (tertiary/aromatic N) is 4. The molecule has 1 fully saturated rings. The summed E-state index contributed by atoms with van der Waals surface area (Å²) in [5, 5.41) is 20.3. The number of fused-ring (bicyclic) bond motifs is 2. The summed E-state index contributed by atoms with van der Waals surface area (Å²) in [6.07, 6.45) is 6.29. The van der Waals surface area contributed by atoms with Gasteiger partial charge < -0.3 is 15.3 Å². The number of hydroxylamine groups is 1. The van der Waals surface area contributed by atoms with E-state index in [2.05, 4.69) is 16.5 Å². The average Bonchev–Trinajstić information content (AvgIpc) is 3.55. The molecule has 1 aromatic carbocycles. The highest BCUT2D eigenvalue weighted by atomic mass is 32.2. The van der Waals surface area contributed by atoms with E-state index in [-0.39, 0.29) is 4.47 Å². The van der Waals surface area contributed by atoms with Crippen LogP contribution >= 0.6 is 0 Å². The van der Waals surface area contributed by atoms with Gasteiger partial charge in [-0.05, 0) is 87.5 Å². The number of carbonyl (C=O) groups excluding carboxylic acids is 1. The van der Waals surface area contributed by atoms with Crippen molar-refractivity contribution in [1.82, 2.24) is 14.2 Å². The molecule has 1 aliphatic heterocycles. The fraction of sp³-hybridized carbons (Fsp3) is 0.583. The van der Waals surface area contributed by atoms with Crippen LogP contribution in [0.25, 0.3) is 0 Å². The first-order valence-corrected chi connectivity index (χ1v) is 13.7. The van der Waals surface area contributed by atoms with Crippen LogP contribution in [0.5, 0.6) is 0 Å². The van der Waals surface area contributed by atoms with Crippen LogP contribution in [0.4, 0.5) is 16.2 Å². The largest absolute Gasteiger partial charge is 0.740 e. The number of aryl methyl sites for hydroxylation is 4. The van der Waals surface area contributed by atoms with Gasteiger partial charge in [0.25, 0.3) is 0 Å². The Hall–Kier alpha value is -2.63. The maximum atomic E-state index is 13.7. The van der Waals surface area contributed by atoms with Gasteiger partial charge in [0, 0.05) is 25.9 Å². The standard InChI is InChI=1S/C24H32N5O5S/c1-15-23(16(2)27(3)26-15)28(19-10-12-34-13-11-19)35(32,33)29(31)24(30)25-22-20-8-4-6-17(20)14-18-7-5-9-21(18)22/h14,19H,4-13H2,1-3H3,(H,25,30)/q-1. The fourth-order valence-corrected chi connectivity index (χ4v) is 7.29. The number of nitrogens with one attached hydrogen (secondary N) is 1. The molecular weight excluding hydrogens is 470 g/mol. The van der Waals surface area contributed by atoms with Crippen LogP contribution in [0, 0.1) is 19.1 Å². The van der Waals surface area contributed by atoms with Gasteiger partial charge in [-0.25, -0.2) is 9.10 Å². The lowest BCUT2D eigenvalue weighted by molar-refractivity contribution is 0.0873. The second-order valence-electron chi connectivity index (χ2n) is 9.68. The number of ether oxygens (including phenoxy) is 1. The third kappa shape index (κ3) is 4.09. The van der Waals surface area contributed by atoms with Gasteiger partial charge in [-0.3, -0.25) is 9.15 Å². The lowest BCUT2D eigenvalue weighted by Gasteiger charge is -2.40. The van der Waals surface area contributed by atoms with Gasteiger partial charge in [0.15, 0.2) is 0 Å². The zero-order valence-corrected chi connectivity index (χ0v) is 21.3. The van der Waals surface area contributed by atoms with Crippen molar-refractivity contribution in [2.24, 2.45) is 7.05 Å². The molecule has 1 saturated heterocycles. The number of anilines is 2. The monoisotopic (exact) mass is 502 g/mol. The molecule has 1 N–H and O–H groups in total. The van der Waals surface area contributed by atoms with Gasteiger partial charge in [0.1, 0.15) is 0 Å². The zero-order chi connectivity index (χ0) is 24.9. The summed E-state index contributed by atoms with van der Waals surface area (Å²) in [5.74, 6) is 0. The van der Waals surface area contributed by atoms with E-state index in [9.17, 15) is 18.4 Å². The number of rotatable bonds is 5. The first-order chi connectivity index (χ1) is 16.7. The Bertz CT molecular complexity index is 1230. The van der Waals surface area contributed by atoms with E-state index in [0.29, 0.717) is 48.8 Å². The van der Waals surface area contributed by atoms with Gasteiger partial charge in [-0.2, -0.15) is 13.5 Å². The first kappa shape index (κ1) is 24.1. The third-order valence-electron chi connectivity index (χ3n) is 7.54. The van der Waals surface area contributed by atoms with Gasteiger partial charge in [-0.15, -0.1) is 0 Å². The SMILES string of the molecule is Cc1nn(C)c(C)c1N(C1CCOCC1)S(=O)(=O)N([O-])C(=O)Nc1c2c(cc3c1CCC3)CCC2. The summed E-state index contributed by atoms with van der Waals surface area (Å²) in [7, 11) is -3.02. The Morgan fingerprint density at radius 2 is 1.71 bits per heavy atom. The van der Waals surface area contributed by atoms with Crippen LogP contribution in [0.2, 0.25) is 0 Å². The van der Waals surface area contributed by atoms with E-state index in [1.165, 1.54) is 11.1 Å². The Kier molecular flexibility index (Phi) is 6.27. The molecule has 0 spiro atoms. The molecule has 0 bridgehead atoms. The minimum absolute atomic E-state index is 0.342. The highest BCUT2D eigenvalue weighted by molar-refractivity contribution is 7.91. The molecular formula is C24H32N5O5S-. The normalized spacial score (nSPS) is 17.8. The molecule has 3 aliphatic rings. The van der Waals surface area contributed by atoms with Gasteiger partial charge in [0.2, 0.25) is 0 Å². The van der Waals surface area contributed by atoms with Crippen molar-refractivity contribution in [3.63, 3.8) is 0 Å². The topological polar surface area (TPSA) is 120 Å². The lowest BCUT2D eigenvalue weighted by atomic mass is 9.99. The molecule has 10 nitrogen and oxygen atoms in total. The molecule has 0 saturated carbocycles. The van der Waals surface area contributed by atoms with Crippen LogP contribution in [0.1, 0.15) is 59.3 Å². The van der Waals surface area contributed by atoms with E-state index in [0.717, 1.165) is 54.0 Å². The molecule has 11 heteroatoms. The van der Waals surface area contributed by atoms with E-state index in [1.54, 1.807) is 25.6 Å². The molecule has 0 atom stereocenters. The van der Waals surface area contributed by atoms with Crippen molar-refractivity contribution in [3.8, 4) is 0 Å². The second kappa shape index (κ2) is 9.11. The van der Waals surface area contributed by atoms with Gasteiger partial charge in [0.05, 0.1) is 23.1 Å². The first-order valence-electron chi connectivity index (χ1n) is 12.3. The van der Waals surface area contributed by atoms with Crippen molar-refractivity contribution in [1.29, 1.82) is 0 Å². The molecule has 35 heavy (non-hydrogen) atoms. The molecule has 2 heterocycles. The summed E-state index contributed by atoms with van der Waals surface area (Å²) >= 11 is 0. The van der Waals surface area contributed by atoms with E-state index in [1.807, 2.05) is 0 Å². The maximum absolute atomic E-state index is 13.7. The number of amides is 2. The zero-order valence-electron chi connectivity index (χ0n) is 20.5. The Morgan fingerprint density at radius 1 is 1.11 bits per heavy atom. The van der Waals surface area contributed by atoms with Crippen molar-refractivity contribution >= 4 is 27.6 Å². The Labute approximate surface area is 206 Å². The molecule has 2 aliphatic carbocycles. The number of urea groups is 1. The van der Waals surface area contributed by atoms with Crippen LogP contribution in [-0.4, -0.2) is 48.0 Å². The van der Waals surface area contributed by atoms with E-state index in [4.69, 9.17) is 4.74 Å². The van der Waals surface area contributed by atoms with Crippen LogP contribution < -0.4 is 9.62 Å². The maximum Gasteiger partial charge on any atom is 0.326 e. The quantitative estimate of drug-likeness (QED) is 0.627. The average molecular weight is 503 g/mol.